The molecule has 0 aliphatic carbocycles. The van der Waals surface area contributed by atoms with Crippen molar-refractivity contribution in [3.63, 3.8) is 0 Å². The van der Waals surface area contributed by atoms with Crippen LogP contribution in [0, 0.1) is 0 Å². The molecule has 3 nitrogen and oxygen atoms in total. The van der Waals surface area contributed by atoms with Crippen molar-refractivity contribution in [1.82, 2.24) is 0 Å². The molecule has 4 heteroatoms. The first kappa shape index (κ1) is 13.8. The number of Topliss-reactive ketones (excluding diaryl/α,β-unsaturated/α-hetero) is 1. The Kier molecular flexibility index (Phi) is 5.77. The maximum Gasteiger partial charge on any atom is 0.227 e. The van der Waals surface area contributed by atoms with Crippen LogP contribution in [0.3, 0.4) is 0 Å². The van der Waals surface area contributed by atoms with Crippen molar-refractivity contribution < 1.29 is 9.59 Å². The maximum atomic E-state index is 11.7. The summed E-state index contributed by atoms with van der Waals surface area (Å²) in [5, 5.41) is 0. The van der Waals surface area contributed by atoms with Crippen LogP contribution in [0.5, 0.6) is 0 Å². The van der Waals surface area contributed by atoms with Gasteiger partial charge in [-0.15, -0.1) is 11.8 Å². The molecule has 0 bridgehead atoms. The first-order valence-electron chi connectivity index (χ1n) is 5.68. The number of amides is 1. The van der Waals surface area contributed by atoms with Crippen molar-refractivity contribution in [2.75, 3.05) is 5.75 Å². The molecule has 0 aliphatic rings. The van der Waals surface area contributed by atoms with Gasteiger partial charge in [-0.2, -0.15) is 0 Å². The first-order valence-corrected chi connectivity index (χ1v) is 6.66. The first-order chi connectivity index (χ1) is 8.13. The number of hydrogen-bond acceptors (Lipinski definition) is 3. The molecule has 0 radical (unpaired) electrons. The van der Waals surface area contributed by atoms with Gasteiger partial charge >= 0.3 is 0 Å². The summed E-state index contributed by atoms with van der Waals surface area (Å²) in [4.78, 5) is 23.3. The molecule has 17 heavy (non-hydrogen) atoms. The Hall–Kier alpha value is -1.29. The summed E-state index contributed by atoms with van der Waals surface area (Å²) >= 11 is 1.38. The van der Waals surface area contributed by atoms with Gasteiger partial charge in [-0.1, -0.05) is 25.5 Å². The van der Waals surface area contributed by atoms with Crippen molar-refractivity contribution in [2.45, 2.75) is 31.1 Å². The molecule has 0 fully saturated rings. The lowest BCUT2D eigenvalue weighted by atomic mass is 10.1. The van der Waals surface area contributed by atoms with Gasteiger partial charge in [0.1, 0.15) is 0 Å². The van der Waals surface area contributed by atoms with Crippen LogP contribution >= 0.6 is 11.8 Å². The summed E-state index contributed by atoms with van der Waals surface area (Å²) in [7, 11) is 0. The van der Waals surface area contributed by atoms with Gasteiger partial charge in [0.2, 0.25) is 5.91 Å². The average molecular weight is 251 g/mol. The number of benzene rings is 1. The Morgan fingerprint density at radius 1 is 1.24 bits per heavy atom. The van der Waals surface area contributed by atoms with E-state index in [2.05, 4.69) is 6.92 Å². The number of nitrogens with two attached hydrogens (primary N) is 1. The Labute approximate surface area is 106 Å². The van der Waals surface area contributed by atoms with Gasteiger partial charge < -0.3 is 5.73 Å². The third-order valence-electron chi connectivity index (χ3n) is 2.31. The highest BCUT2D eigenvalue weighted by molar-refractivity contribution is 8.00. The Balaban J connectivity index is 2.55. The summed E-state index contributed by atoms with van der Waals surface area (Å²) in [6.07, 6.45) is 2.56. The van der Waals surface area contributed by atoms with Crippen LogP contribution in [-0.2, 0) is 4.79 Å². The molecule has 92 valence electrons. The summed E-state index contributed by atoms with van der Waals surface area (Å²) in [5.41, 5.74) is 5.80. The summed E-state index contributed by atoms with van der Waals surface area (Å²) < 4.78 is 0. The van der Waals surface area contributed by atoms with Gasteiger partial charge in [0.15, 0.2) is 5.78 Å². The zero-order valence-corrected chi connectivity index (χ0v) is 10.8. The fourth-order valence-electron chi connectivity index (χ4n) is 1.37. The zero-order chi connectivity index (χ0) is 12.7. The molecule has 0 aromatic heterocycles. The van der Waals surface area contributed by atoms with Crippen molar-refractivity contribution in [2.24, 2.45) is 5.73 Å². The van der Waals surface area contributed by atoms with E-state index in [0.29, 0.717) is 6.42 Å². The van der Waals surface area contributed by atoms with Crippen LogP contribution in [0.1, 0.15) is 36.5 Å². The molecule has 2 N–H and O–H groups in total. The van der Waals surface area contributed by atoms with Gasteiger partial charge in [-0.05, 0) is 18.6 Å². The molecule has 0 atom stereocenters. The SMILES string of the molecule is CCCCC(=O)c1ccc(SCC(N)=O)cc1. The van der Waals surface area contributed by atoms with Crippen LogP contribution in [0.25, 0.3) is 0 Å². The highest BCUT2D eigenvalue weighted by Crippen LogP contribution is 2.18. The number of primary amides is 1. The highest BCUT2D eigenvalue weighted by atomic mass is 32.2. The predicted molar refractivity (Wildman–Crippen MR) is 70.2 cm³/mol. The molecule has 1 amide bonds. The number of ketones is 1. The topological polar surface area (TPSA) is 60.2 Å². The second-order valence-corrected chi connectivity index (χ2v) is 4.85. The second kappa shape index (κ2) is 7.12. The fraction of sp³-hybridized carbons (Fsp3) is 0.385. The van der Waals surface area contributed by atoms with Crippen LogP contribution in [0.2, 0.25) is 0 Å². The molecule has 0 spiro atoms. The Bertz CT molecular complexity index is 387. The molecule has 0 heterocycles. The van der Waals surface area contributed by atoms with Crippen LogP contribution in [0.4, 0.5) is 0 Å². The molecule has 0 saturated heterocycles. The number of thioether (sulfide) groups is 1. The molecule has 0 saturated carbocycles. The minimum Gasteiger partial charge on any atom is -0.369 e. The quantitative estimate of drug-likeness (QED) is 0.598. The molecular weight excluding hydrogens is 234 g/mol. The monoisotopic (exact) mass is 251 g/mol. The lowest BCUT2D eigenvalue weighted by Crippen LogP contribution is -2.12. The van der Waals surface area contributed by atoms with E-state index in [4.69, 9.17) is 5.73 Å². The summed E-state index contributed by atoms with van der Waals surface area (Å²) in [6, 6.07) is 7.32. The normalized spacial score (nSPS) is 10.2. The van der Waals surface area contributed by atoms with Crippen LogP contribution < -0.4 is 5.73 Å². The maximum absolute atomic E-state index is 11.7. The molecular formula is C13H17NO2S. The average Bonchev–Trinajstić information content (AvgIpc) is 2.34. The van der Waals surface area contributed by atoms with E-state index in [-0.39, 0.29) is 17.4 Å². The van der Waals surface area contributed by atoms with Crippen LogP contribution in [-0.4, -0.2) is 17.4 Å². The minimum absolute atomic E-state index is 0.179. The Morgan fingerprint density at radius 3 is 2.41 bits per heavy atom. The molecule has 1 aromatic carbocycles. The van der Waals surface area contributed by atoms with Gasteiger partial charge in [0.05, 0.1) is 5.75 Å². The van der Waals surface area contributed by atoms with Gasteiger partial charge in [-0.25, -0.2) is 0 Å². The molecule has 0 unspecified atom stereocenters. The number of carbonyl (C=O) groups is 2. The summed E-state index contributed by atoms with van der Waals surface area (Å²) in [5.74, 6) is 0.111. The van der Waals surface area contributed by atoms with Crippen molar-refractivity contribution in [3.05, 3.63) is 29.8 Å². The van der Waals surface area contributed by atoms with Gasteiger partial charge in [-0.3, -0.25) is 9.59 Å². The predicted octanol–water partition coefficient (Wildman–Crippen LogP) is 2.64. The molecule has 1 rings (SSSR count). The van der Waals surface area contributed by atoms with E-state index >= 15 is 0 Å². The van der Waals surface area contributed by atoms with E-state index in [1.807, 2.05) is 12.1 Å². The van der Waals surface area contributed by atoms with E-state index < -0.39 is 0 Å². The number of carbonyl (C=O) groups excluding carboxylic acids is 2. The summed E-state index contributed by atoms with van der Waals surface area (Å²) in [6.45, 7) is 2.07. The zero-order valence-electron chi connectivity index (χ0n) is 9.94. The van der Waals surface area contributed by atoms with E-state index in [0.717, 1.165) is 23.3 Å². The third-order valence-corrected chi connectivity index (χ3v) is 3.35. The fourth-order valence-corrected chi connectivity index (χ4v) is 2.01. The smallest absolute Gasteiger partial charge is 0.227 e. The molecule has 1 aromatic rings. The van der Waals surface area contributed by atoms with Gasteiger partial charge in [0, 0.05) is 16.9 Å². The van der Waals surface area contributed by atoms with Gasteiger partial charge in [0.25, 0.3) is 0 Å². The standard InChI is InChI=1S/C13H17NO2S/c1-2-3-4-12(15)10-5-7-11(8-6-10)17-9-13(14)16/h5-8H,2-4,9H2,1H3,(H2,14,16). The lowest BCUT2D eigenvalue weighted by molar-refractivity contribution is -0.115. The highest BCUT2D eigenvalue weighted by Gasteiger charge is 2.05. The minimum atomic E-state index is -0.335. The van der Waals surface area contributed by atoms with Crippen molar-refractivity contribution in [1.29, 1.82) is 0 Å². The van der Waals surface area contributed by atoms with E-state index in [1.165, 1.54) is 11.8 Å². The largest absolute Gasteiger partial charge is 0.369 e. The lowest BCUT2D eigenvalue weighted by Gasteiger charge is -2.02. The third kappa shape index (κ3) is 5.04. The van der Waals surface area contributed by atoms with Crippen molar-refractivity contribution in [3.8, 4) is 0 Å². The Morgan fingerprint density at radius 2 is 1.88 bits per heavy atom. The van der Waals surface area contributed by atoms with E-state index in [9.17, 15) is 9.59 Å². The van der Waals surface area contributed by atoms with E-state index in [1.54, 1.807) is 12.1 Å². The second-order valence-electron chi connectivity index (χ2n) is 3.81. The molecule has 0 aliphatic heterocycles. The number of unbranched alkanes of at least 4 members (excludes halogenated alkanes) is 1. The number of rotatable bonds is 7. The van der Waals surface area contributed by atoms with Crippen molar-refractivity contribution >= 4 is 23.5 Å². The van der Waals surface area contributed by atoms with Crippen LogP contribution in [0.15, 0.2) is 29.2 Å². The number of hydrogen-bond donors (Lipinski definition) is 1.